The number of fused-ring (bicyclic) bond motifs is 2. The number of amides is 2. The van der Waals surface area contributed by atoms with E-state index < -0.39 is 16.7 Å². The standard InChI is InChI=1S/C22H21N3O5/c26-21-16-12-19(23-8-10-30-11-9-23)20(25(28)29)13-17(16)22(27)24(21)18-7-3-5-14-4-1-2-6-15(14)18/h3,5,7,12-13H,1-2,4,6,8-11H2. The molecule has 0 aromatic heterocycles. The summed E-state index contributed by atoms with van der Waals surface area (Å²) in [7, 11) is 0. The highest BCUT2D eigenvalue weighted by atomic mass is 16.6. The predicted octanol–water partition coefficient (Wildman–Crippen LogP) is 3.11. The Morgan fingerprint density at radius 3 is 2.37 bits per heavy atom. The van der Waals surface area contributed by atoms with Gasteiger partial charge in [0.2, 0.25) is 0 Å². The first-order valence-corrected chi connectivity index (χ1v) is 10.2. The Morgan fingerprint density at radius 2 is 1.63 bits per heavy atom. The molecule has 2 heterocycles. The molecule has 1 aliphatic carbocycles. The topological polar surface area (TPSA) is 93.0 Å². The molecule has 2 aromatic rings. The third-order valence-corrected chi connectivity index (χ3v) is 6.14. The van der Waals surface area contributed by atoms with Crippen molar-refractivity contribution in [2.75, 3.05) is 36.1 Å². The Balaban J connectivity index is 1.61. The highest BCUT2D eigenvalue weighted by molar-refractivity contribution is 6.35. The van der Waals surface area contributed by atoms with E-state index >= 15 is 0 Å². The molecule has 0 bridgehead atoms. The van der Waals surface area contributed by atoms with Crippen molar-refractivity contribution in [3.63, 3.8) is 0 Å². The van der Waals surface area contributed by atoms with Crippen LogP contribution in [0.2, 0.25) is 0 Å². The van der Waals surface area contributed by atoms with Crippen molar-refractivity contribution in [1.82, 2.24) is 0 Å². The third-order valence-electron chi connectivity index (χ3n) is 6.14. The Kier molecular flexibility index (Phi) is 4.51. The molecule has 154 valence electrons. The van der Waals surface area contributed by atoms with E-state index in [2.05, 4.69) is 0 Å². The van der Waals surface area contributed by atoms with Crippen molar-refractivity contribution in [2.24, 2.45) is 0 Å². The summed E-state index contributed by atoms with van der Waals surface area (Å²) in [4.78, 5) is 40.8. The Hall–Kier alpha value is -3.26. The molecule has 3 aliphatic rings. The monoisotopic (exact) mass is 407 g/mol. The average Bonchev–Trinajstić information content (AvgIpc) is 3.02. The zero-order chi connectivity index (χ0) is 20.8. The van der Waals surface area contributed by atoms with E-state index in [4.69, 9.17) is 4.74 Å². The highest BCUT2D eigenvalue weighted by Crippen LogP contribution is 2.39. The fourth-order valence-corrected chi connectivity index (χ4v) is 4.66. The van der Waals surface area contributed by atoms with Crippen molar-refractivity contribution >= 4 is 28.9 Å². The van der Waals surface area contributed by atoms with E-state index in [0.29, 0.717) is 37.7 Å². The predicted molar refractivity (Wildman–Crippen MR) is 110 cm³/mol. The zero-order valence-electron chi connectivity index (χ0n) is 16.4. The van der Waals surface area contributed by atoms with Crippen LogP contribution in [-0.2, 0) is 17.6 Å². The van der Waals surface area contributed by atoms with Gasteiger partial charge in [0.05, 0.1) is 35.0 Å². The van der Waals surface area contributed by atoms with Crippen LogP contribution in [0.5, 0.6) is 0 Å². The summed E-state index contributed by atoms with van der Waals surface area (Å²) in [5.41, 5.74) is 3.32. The van der Waals surface area contributed by atoms with E-state index in [1.807, 2.05) is 17.0 Å². The fraction of sp³-hybridized carbons (Fsp3) is 0.364. The van der Waals surface area contributed by atoms with Gasteiger partial charge in [-0.2, -0.15) is 0 Å². The molecule has 2 aliphatic heterocycles. The lowest BCUT2D eigenvalue weighted by Crippen LogP contribution is -2.36. The second-order valence-electron chi connectivity index (χ2n) is 7.81. The summed E-state index contributed by atoms with van der Waals surface area (Å²) >= 11 is 0. The van der Waals surface area contributed by atoms with E-state index in [1.54, 1.807) is 6.07 Å². The average molecular weight is 407 g/mol. The lowest BCUT2D eigenvalue weighted by atomic mass is 9.90. The fourth-order valence-electron chi connectivity index (χ4n) is 4.66. The van der Waals surface area contributed by atoms with E-state index in [9.17, 15) is 19.7 Å². The molecule has 0 unspecified atom stereocenters. The summed E-state index contributed by atoms with van der Waals surface area (Å²) in [6.07, 6.45) is 3.85. The number of nitrogens with zero attached hydrogens (tertiary/aromatic N) is 3. The number of carbonyl (C=O) groups excluding carboxylic acids is 2. The summed E-state index contributed by atoms with van der Waals surface area (Å²) in [5.74, 6) is -0.913. The second-order valence-corrected chi connectivity index (χ2v) is 7.81. The lowest BCUT2D eigenvalue weighted by molar-refractivity contribution is -0.384. The van der Waals surface area contributed by atoms with E-state index in [-0.39, 0.29) is 16.8 Å². The summed E-state index contributed by atoms with van der Waals surface area (Å²) in [6, 6.07) is 8.47. The first-order valence-electron chi connectivity index (χ1n) is 10.2. The minimum atomic E-state index is -0.495. The quantitative estimate of drug-likeness (QED) is 0.441. The molecule has 0 N–H and O–H groups in total. The van der Waals surface area contributed by atoms with Gasteiger partial charge in [0.1, 0.15) is 5.69 Å². The number of anilines is 2. The molecule has 2 amide bonds. The van der Waals surface area contributed by atoms with Crippen LogP contribution in [0.4, 0.5) is 17.1 Å². The molecule has 0 atom stereocenters. The number of nitro groups is 1. The van der Waals surface area contributed by atoms with E-state index in [0.717, 1.165) is 36.8 Å². The van der Waals surface area contributed by atoms with Gasteiger partial charge in [-0.1, -0.05) is 12.1 Å². The smallest absolute Gasteiger partial charge is 0.293 e. The van der Waals surface area contributed by atoms with Gasteiger partial charge in [-0.3, -0.25) is 19.7 Å². The highest BCUT2D eigenvalue weighted by Gasteiger charge is 2.41. The first kappa shape index (κ1) is 18.7. The SMILES string of the molecule is O=C1c2cc(N3CCOCC3)c([N+](=O)[O-])cc2C(=O)N1c1cccc2c1CCCC2. The largest absolute Gasteiger partial charge is 0.378 e. The number of hydrogen-bond acceptors (Lipinski definition) is 6. The van der Waals surface area contributed by atoms with Crippen molar-refractivity contribution < 1.29 is 19.2 Å². The molecule has 0 spiro atoms. The molecule has 1 fully saturated rings. The first-order chi connectivity index (χ1) is 14.6. The Bertz CT molecular complexity index is 1070. The molecule has 0 radical (unpaired) electrons. The van der Waals surface area contributed by atoms with Gasteiger partial charge in [-0.15, -0.1) is 0 Å². The number of nitro benzene ring substituents is 1. The number of rotatable bonds is 3. The van der Waals surface area contributed by atoms with Crippen LogP contribution >= 0.6 is 0 Å². The number of carbonyl (C=O) groups is 2. The number of benzene rings is 2. The van der Waals surface area contributed by atoms with Crippen LogP contribution in [0.1, 0.15) is 44.7 Å². The number of hydrogen-bond donors (Lipinski definition) is 0. The van der Waals surface area contributed by atoms with Gasteiger partial charge in [-0.05, 0) is 48.9 Å². The van der Waals surface area contributed by atoms with Gasteiger partial charge in [0, 0.05) is 19.2 Å². The van der Waals surface area contributed by atoms with Crippen molar-refractivity contribution in [3.8, 4) is 0 Å². The minimum Gasteiger partial charge on any atom is -0.378 e. The van der Waals surface area contributed by atoms with Gasteiger partial charge in [-0.25, -0.2) is 4.90 Å². The second kappa shape index (κ2) is 7.21. The molecular weight excluding hydrogens is 386 g/mol. The van der Waals surface area contributed by atoms with Gasteiger partial charge >= 0.3 is 0 Å². The number of ether oxygens (including phenoxy) is 1. The molecule has 30 heavy (non-hydrogen) atoms. The van der Waals surface area contributed by atoms with Gasteiger partial charge < -0.3 is 9.64 Å². The van der Waals surface area contributed by atoms with Crippen LogP contribution in [0.3, 0.4) is 0 Å². The maximum Gasteiger partial charge on any atom is 0.293 e. The molecule has 5 rings (SSSR count). The van der Waals surface area contributed by atoms with E-state index in [1.165, 1.54) is 17.0 Å². The summed E-state index contributed by atoms with van der Waals surface area (Å²) < 4.78 is 5.34. The van der Waals surface area contributed by atoms with Crippen LogP contribution in [0, 0.1) is 10.1 Å². The van der Waals surface area contributed by atoms with Crippen LogP contribution in [0.15, 0.2) is 30.3 Å². The lowest BCUT2D eigenvalue weighted by Gasteiger charge is -2.28. The molecule has 1 saturated heterocycles. The van der Waals surface area contributed by atoms with Gasteiger partial charge in [0.25, 0.3) is 17.5 Å². The van der Waals surface area contributed by atoms with Crippen LogP contribution in [0.25, 0.3) is 0 Å². The maximum atomic E-state index is 13.3. The number of imide groups is 1. The third kappa shape index (κ3) is 2.87. The maximum absolute atomic E-state index is 13.3. The van der Waals surface area contributed by atoms with Crippen molar-refractivity contribution in [3.05, 3.63) is 62.7 Å². The number of morpholine rings is 1. The number of aryl methyl sites for hydroxylation is 1. The normalized spacial score (nSPS) is 18.4. The molecule has 0 saturated carbocycles. The Morgan fingerprint density at radius 1 is 0.933 bits per heavy atom. The molecule has 2 aromatic carbocycles. The zero-order valence-corrected chi connectivity index (χ0v) is 16.4. The van der Waals surface area contributed by atoms with Crippen molar-refractivity contribution in [1.29, 1.82) is 0 Å². The van der Waals surface area contributed by atoms with Crippen LogP contribution in [-0.4, -0.2) is 43.0 Å². The van der Waals surface area contributed by atoms with Crippen molar-refractivity contribution in [2.45, 2.75) is 25.7 Å². The Labute approximate surface area is 173 Å². The summed E-state index contributed by atoms with van der Waals surface area (Å²) in [5, 5.41) is 11.7. The summed E-state index contributed by atoms with van der Waals surface area (Å²) in [6.45, 7) is 1.92. The van der Waals surface area contributed by atoms with Gasteiger partial charge in [0.15, 0.2) is 0 Å². The van der Waals surface area contributed by atoms with Crippen LogP contribution < -0.4 is 9.80 Å². The molecule has 8 heteroatoms. The molecular formula is C22H21N3O5. The minimum absolute atomic E-state index is 0.0946. The molecule has 8 nitrogen and oxygen atoms in total.